The van der Waals surface area contributed by atoms with Gasteiger partial charge >= 0.3 is 6.03 Å². The highest BCUT2D eigenvalue weighted by molar-refractivity contribution is 6.30. The number of urea groups is 1. The zero-order chi connectivity index (χ0) is 17.5. The maximum Gasteiger partial charge on any atom is 0.333 e. The molecule has 0 unspecified atom stereocenters. The van der Waals surface area contributed by atoms with Gasteiger partial charge in [0.2, 0.25) is 0 Å². The number of nitrogens with one attached hydrogen (secondary N) is 3. The summed E-state index contributed by atoms with van der Waals surface area (Å²) in [4.78, 5) is 23.5. The van der Waals surface area contributed by atoms with E-state index in [-0.39, 0.29) is 13.2 Å². The molecule has 0 saturated heterocycles. The lowest BCUT2D eigenvalue weighted by molar-refractivity contribution is 0.0934. The Kier molecular flexibility index (Phi) is 6.08. The second kappa shape index (κ2) is 8.26. The Morgan fingerprint density at radius 1 is 1.17 bits per heavy atom. The Morgan fingerprint density at radius 3 is 2.50 bits per heavy atom. The summed E-state index contributed by atoms with van der Waals surface area (Å²) in [5.74, 6) is 1.32. The Bertz CT molecular complexity index is 713. The van der Waals surface area contributed by atoms with Crippen molar-refractivity contribution in [2.75, 3.05) is 13.2 Å². The summed E-state index contributed by atoms with van der Waals surface area (Å²) in [6, 6.07) is 7.96. The first-order valence-electron chi connectivity index (χ1n) is 7.25. The summed E-state index contributed by atoms with van der Waals surface area (Å²) >= 11 is 5.77. The normalized spacial score (nSPS) is 10.1. The van der Waals surface area contributed by atoms with Crippen molar-refractivity contribution in [1.82, 2.24) is 16.2 Å². The molecule has 1 heterocycles. The van der Waals surface area contributed by atoms with E-state index in [1.807, 2.05) is 0 Å². The molecule has 0 aliphatic carbocycles. The fraction of sp³-hybridized carbons (Fsp3) is 0.250. The molecule has 0 aliphatic heterocycles. The minimum absolute atomic E-state index is 0.272. The van der Waals surface area contributed by atoms with Crippen molar-refractivity contribution in [1.29, 1.82) is 0 Å². The molecule has 8 heteroatoms. The van der Waals surface area contributed by atoms with Gasteiger partial charge in [-0.25, -0.2) is 10.2 Å². The predicted octanol–water partition coefficient (Wildman–Crippen LogP) is 2.57. The first-order chi connectivity index (χ1) is 11.5. The molecule has 1 aromatic heterocycles. The van der Waals surface area contributed by atoms with Crippen molar-refractivity contribution in [3.05, 3.63) is 52.4 Å². The molecule has 0 saturated carbocycles. The van der Waals surface area contributed by atoms with Gasteiger partial charge in [-0.15, -0.1) is 0 Å². The molecule has 1 aromatic carbocycles. The van der Waals surface area contributed by atoms with E-state index in [4.69, 9.17) is 20.8 Å². The standard InChI is InChI=1S/C16H18ClN3O4/c1-10-9-14(11(2)24-10)15(21)19-20-16(22)18-7-8-23-13-5-3-12(17)4-6-13/h3-6,9H,7-8H2,1-2H3,(H,19,21)(H2,18,20,22). The van der Waals surface area contributed by atoms with Crippen LogP contribution in [-0.2, 0) is 0 Å². The van der Waals surface area contributed by atoms with Gasteiger partial charge in [-0.1, -0.05) is 11.6 Å². The minimum atomic E-state index is -0.541. The minimum Gasteiger partial charge on any atom is -0.492 e. The molecule has 0 aliphatic rings. The highest BCUT2D eigenvalue weighted by Gasteiger charge is 2.13. The van der Waals surface area contributed by atoms with Gasteiger partial charge in [0.15, 0.2) is 0 Å². The largest absolute Gasteiger partial charge is 0.492 e. The summed E-state index contributed by atoms with van der Waals surface area (Å²) in [7, 11) is 0. The third kappa shape index (κ3) is 5.20. The number of hydrogen-bond acceptors (Lipinski definition) is 4. The number of amides is 3. The second-order valence-electron chi connectivity index (χ2n) is 4.96. The summed E-state index contributed by atoms with van der Waals surface area (Å²) in [6.07, 6.45) is 0. The van der Waals surface area contributed by atoms with Crippen LogP contribution in [0.3, 0.4) is 0 Å². The van der Waals surface area contributed by atoms with Crippen LogP contribution in [0.1, 0.15) is 21.9 Å². The Morgan fingerprint density at radius 2 is 1.88 bits per heavy atom. The SMILES string of the molecule is Cc1cc(C(=O)NNC(=O)NCCOc2ccc(Cl)cc2)c(C)o1. The van der Waals surface area contributed by atoms with E-state index in [9.17, 15) is 9.59 Å². The van der Waals surface area contributed by atoms with Crippen LogP contribution in [0, 0.1) is 13.8 Å². The summed E-state index contributed by atoms with van der Waals surface area (Å²) in [5, 5.41) is 3.18. The van der Waals surface area contributed by atoms with Gasteiger partial charge in [0.05, 0.1) is 12.1 Å². The van der Waals surface area contributed by atoms with Crippen LogP contribution in [0.5, 0.6) is 5.75 Å². The molecule has 0 atom stereocenters. The van der Waals surface area contributed by atoms with E-state index in [1.165, 1.54) is 0 Å². The fourth-order valence-corrected chi connectivity index (χ4v) is 2.07. The number of rotatable bonds is 5. The maximum absolute atomic E-state index is 11.9. The third-order valence-corrected chi connectivity index (χ3v) is 3.30. The second-order valence-corrected chi connectivity index (χ2v) is 5.40. The van der Waals surface area contributed by atoms with E-state index in [0.29, 0.717) is 27.9 Å². The molecular weight excluding hydrogens is 334 g/mol. The molecular formula is C16H18ClN3O4. The Balaban J connectivity index is 1.65. The van der Waals surface area contributed by atoms with Gasteiger partial charge in [-0.05, 0) is 44.2 Å². The van der Waals surface area contributed by atoms with E-state index in [2.05, 4.69) is 16.2 Å². The van der Waals surface area contributed by atoms with Crippen molar-refractivity contribution in [3.63, 3.8) is 0 Å². The topological polar surface area (TPSA) is 92.6 Å². The molecule has 3 amide bonds. The summed E-state index contributed by atoms with van der Waals surface area (Å²) < 4.78 is 10.7. The van der Waals surface area contributed by atoms with E-state index in [0.717, 1.165) is 0 Å². The lowest BCUT2D eigenvalue weighted by Gasteiger charge is -2.09. The van der Waals surface area contributed by atoms with Gasteiger partial charge in [0.1, 0.15) is 23.9 Å². The van der Waals surface area contributed by atoms with Crippen molar-refractivity contribution in [2.45, 2.75) is 13.8 Å². The quantitative estimate of drug-likeness (QED) is 0.570. The number of hydrogen-bond donors (Lipinski definition) is 3. The van der Waals surface area contributed by atoms with Crippen molar-refractivity contribution >= 4 is 23.5 Å². The van der Waals surface area contributed by atoms with Crippen LogP contribution >= 0.6 is 11.6 Å². The number of carbonyl (C=O) groups is 2. The smallest absolute Gasteiger partial charge is 0.333 e. The van der Waals surface area contributed by atoms with Crippen LogP contribution in [0.15, 0.2) is 34.7 Å². The number of furan rings is 1. The number of aryl methyl sites for hydroxylation is 2. The maximum atomic E-state index is 11.9. The molecule has 0 bridgehead atoms. The highest BCUT2D eigenvalue weighted by atomic mass is 35.5. The van der Waals surface area contributed by atoms with Crippen LogP contribution < -0.4 is 20.9 Å². The van der Waals surface area contributed by atoms with Gasteiger partial charge in [0, 0.05) is 5.02 Å². The van der Waals surface area contributed by atoms with Crippen molar-refractivity contribution in [2.24, 2.45) is 0 Å². The molecule has 7 nitrogen and oxygen atoms in total. The van der Waals surface area contributed by atoms with Gasteiger partial charge in [0.25, 0.3) is 5.91 Å². The van der Waals surface area contributed by atoms with Gasteiger partial charge in [-0.3, -0.25) is 10.2 Å². The van der Waals surface area contributed by atoms with E-state index < -0.39 is 11.9 Å². The highest BCUT2D eigenvalue weighted by Crippen LogP contribution is 2.15. The van der Waals surface area contributed by atoms with E-state index in [1.54, 1.807) is 44.2 Å². The number of hydrazine groups is 1. The average molecular weight is 352 g/mol. The lowest BCUT2D eigenvalue weighted by Crippen LogP contribution is -2.47. The molecule has 128 valence electrons. The first kappa shape index (κ1) is 17.7. The number of carbonyl (C=O) groups excluding carboxylic acids is 2. The molecule has 0 spiro atoms. The number of ether oxygens (including phenoxy) is 1. The predicted molar refractivity (Wildman–Crippen MR) is 89.1 cm³/mol. The van der Waals surface area contributed by atoms with Crippen molar-refractivity contribution in [3.8, 4) is 5.75 Å². The summed E-state index contributed by atoms with van der Waals surface area (Å²) in [5.41, 5.74) is 4.93. The van der Waals surface area contributed by atoms with Gasteiger partial charge in [-0.2, -0.15) is 0 Å². The Labute approximate surface area is 144 Å². The van der Waals surface area contributed by atoms with Crippen LogP contribution in [0.25, 0.3) is 0 Å². The molecule has 2 aromatic rings. The molecule has 2 rings (SSSR count). The summed E-state index contributed by atoms with van der Waals surface area (Å²) in [6.45, 7) is 3.97. The van der Waals surface area contributed by atoms with Gasteiger partial charge < -0.3 is 14.5 Å². The fourth-order valence-electron chi connectivity index (χ4n) is 1.95. The van der Waals surface area contributed by atoms with Crippen LogP contribution in [0.2, 0.25) is 5.02 Å². The average Bonchev–Trinajstić information content (AvgIpc) is 2.89. The zero-order valence-electron chi connectivity index (χ0n) is 13.3. The van der Waals surface area contributed by atoms with Crippen molar-refractivity contribution < 1.29 is 18.7 Å². The lowest BCUT2D eigenvalue weighted by atomic mass is 10.2. The first-order valence-corrected chi connectivity index (χ1v) is 7.63. The zero-order valence-corrected chi connectivity index (χ0v) is 14.1. The number of halogens is 1. The molecule has 0 radical (unpaired) electrons. The number of benzene rings is 1. The monoisotopic (exact) mass is 351 g/mol. The Hall–Kier alpha value is -2.67. The molecule has 24 heavy (non-hydrogen) atoms. The molecule has 0 fully saturated rings. The van der Waals surface area contributed by atoms with Crippen LogP contribution in [0.4, 0.5) is 4.79 Å². The third-order valence-electron chi connectivity index (χ3n) is 3.05. The molecule has 3 N–H and O–H groups in total. The van der Waals surface area contributed by atoms with Crippen LogP contribution in [-0.4, -0.2) is 25.1 Å². The van der Waals surface area contributed by atoms with E-state index >= 15 is 0 Å².